The molecule has 1 nitrogen and oxygen atoms in total. The Balaban J connectivity index is 2.72. The maximum atomic E-state index is 3.67. The molecule has 1 aromatic rings. The molecule has 2 heteroatoms. The Kier molecular flexibility index (Phi) is 6.83. The summed E-state index contributed by atoms with van der Waals surface area (Å²) >= 11 is 3.55. The van der Waals surface area contributed by atoms with Gasteiger partial charge in [-0.1, -0.05) is 55.3 Å². The van der Waals surface area contributed by atoms with Crippen LogP contribution in [0.15, 0.2) is 28.7 Å². The first kappa shape index (κ1) is 14.7. The number of hydrogen-bond acceptors (Lipinski definition) is 1. The molecule has 0 amide bonds. The van der Waals surface area contributed by atoms with Gasteiger partial charge in [-0.15, -0.1) is 0 Å². The van der Waals surface area contributed by atoms with E-state index in [9.17, 15) is 0 Å². The lowest BCUT2D eigenvalue weighted by atomic mass is 9.90. The van der Waals surface area contributed by atoms with Crippen molar-refractivity contribution < 1.29 is 0 Å². The van der Waals surface area contributed by atoms with Crippen molar-refractivity contribution in [3.8, 4) is 0 Å². The molecule has 17 heavy (non-hydrogen) atoms. The molecule has 0 radical (unpaired) electrons. The summed E-state index contributed by atoms with van der Waals surface area (Å²) in [4.78, 5) is 0. The van der Waals surface area contributed by atoms with E-state index in [0.29, 0.717) is 12.0 Å². The van der Waals surface area contributed by atoms with Gasteiger partial charge >= 0.3 is 0 Å². The zero-order valence-electron chi connectivity index (χ0n) is 11.2. The van der Waals surface area contributed by atoms with Gasteiger partial charge in [0.15, 0.2) is 0 Å². The molecule has 1 rings (SSSR count). The van der Waals surface area contributed by atoms with Gasteiger partial charge in [-0.25, -0.2) is 0 Å². The van der Waals surface area contributed by atoms with Crippen molar-refractivity contribution in [1.29, 1.82) is 0 Å². The Labute approximate surface area is 114 Å². The van der Waals surface area contributed by atoms with Gasteiger partial charge in [-0.05, 0) is 43.0 Å². The molecule has 0 heterocycles. The van der Waals surface area contributed by atoms with Crippen LogP contribution in [-0.4, -0.2) is 12.6 Å². The van der Waals surface area contributed by atoms with Gasteiger partial charge in [0, 0.05) is 10.5 Å². The molecule has 0 bridgehead atoms. The third-order valence-electron chi connectivity index (χ3n) is 3.23. The van der Waals surface area contributed by atoms with Crippen molar-refractivity contribution >= 4 is 15.9 Å². The van der Waals surface area contributed by atoms with Crippen molar-refractivity contribution in [2.75, 3.05) is 6.54 Å². The van der Waals surface area contributed by atoms with E-state index in [1.807, 2.05) is 0 Å². The van der Waals surface area contributed by atoms with E-state index in [-0.39, 0.29) is 0 Å². The molecule has 0 aliphatic heterocycles. The maximum Gasteiger partial charge on any atom is 0.0178 e. The summed E-state index contributed by atoms with van der Waals surface area (Å²) in [5, 5.41) is 3.67. The summed E-state index contributed by atoms with van der Waals surface area (Å²) in [7, 11) is 0. The van der Waals surface area contributed by atoms with Gasteiger partial charge in [-0.2, -0.15) is 0 Å². The van der Waals surface area contributed by atoms with E-state index < -0.39 is 0 Å². The van der Waals surface area contributed by atoms with Crippen LogP contribution in [-0.2, 0) is 0 Å². The average molecular weight is 298 g/mol. The zero-order valence-corrected chi connectivity index (χ0v) is 12.8. The molecule has 2 atom stereocenters. The number of hydrogen-bond donors (Lipinski definition) is 1. The van der Waals surface area contributed by atoms with Gasteiger partial charge in [0.25, 0.3) is 0 Å². The fourth-order valence-electron chi connectivity index (χ4n) is 2.19. The predicted molar refractivity (Wildman–Crippen MR) is 79.5 cm³/mol. The van der Waals surface area contributed by atoms with Crippen LogP contribution >= 0.6 is 15.9 Å². The fourth-order valence-corrected chi connectivity index (χ4v) is 2.61. The second-order valence-corrected chi connectivity index (χ2v) is 5.61. The highest BCUT2D eigenvalue weighted by Gasteiger charge is 2.17. The van der Waals surface area contributed by atoms with Crippen molar-refractivity contribution in [3.63, 3.8) is 0 Å². The Morgan fingerprint density at radius 2 is 2.00 bits per heavy atom. The zero-order chi connectivity index (χ0) is 12.7. The molecule has 1 aromatic carbocycles. The summed E-state index contributed by atoms with van der Waals surface area (Å²) in [5.74, 6) is 0.569. The van der Waals surface area contributed by atoms with Crippen LogP contribution in [0.3, 0.4) is 0 Å². The lowest BCUT2D eigenvalue weighted by molar-refractivity contribution is 0.420. The van der Waals surface area contributed by atoms with Crippen LogP contribution in [0.25, 0.3) is 0 Å². The first-order valence-corrected chi connectivity index (χ1v) is 7.47. The van der Waals surface area contributed by atoms with E-state index in [0.717, 1.165) is 6.54 Å². The lowest BCUT2D eigenvalue weighted by Gasteiger charge is -2.25. The van der Waals surface area contributed by atoms with E-state index in [4.69, 9.17) is 0 Å². The molecular weight excluding hydrogens is 274 g/mol. The maximum absolute atomic E-state index is 3.67. The lowest BCUT2D eigenvalue weighted by Crippen LogP contribution is -2.34. The highest BCUT2D eigenvalue weighted by Crippen LogP contribution is 2.24. The molecular formula is C15H24BrN. The SMILES string of the molecule is CCCNC(CCC)C(C)c1cccc(Br)c1. The molecule has 0 aromatic heterocycles. The number of halogens is 1. The quantitative estimate of drug-likeness (QED) is 0.768. The standard InChI is InChI=1S/C15H24BrN/c1-4-7-15(17-10-5-2)12(3)13-8-6-9-14(16)11-13/h6,8-9,11-12,15,17H,4-5,7,10H2,1-3H3. The summed E-state index contributed by atoms with van der Waals surface area (Å²) < 4.78 is 1.17. The summed E-state index contributed by atoms with van der Waals surface area (Å²) in [5.41, 5.74) is 1.42. The first-order valence-electron chi connectivity index (χ1n) is 6.67. The Morgan fingerprint density at radius 3 is 2.59 bits per heavy atom. The van der Waals surface area contributed by atoms with E-state index in [2.05, 4.69) is 66.3 Å². The number of nitrogens with one attached hydrogen (secondary N) is 1. The first-order chi connectivity index (χ1) is 8.19. The van der Waals surface area contributed by atoms with Crippen LogP contribution in [0.1, 0.15) is 51.5 Å². The third-order valence-corrected chi connectivity index (χ3v) is 3.73. The van der Waals surface area contributed by atoms with Gasteiger partial charge in [0.05, 0.1) is 0 Å². The van der Waals surface area contributed by atoms with Gasteiger partial charge in [0.1, 0.15) is 0 Å². The minimum atomic E-state index is 0.569. The molecule has 1 N–H and O–H groups in total. The molecule has 0 saturated heterocycles. The average Bonchev–Trinajstić information content (AvgIpc) is 2.33. The van der Waals surface area contributed by atoms with Crippen LogP contribution in [0.4, 0.5) is 0 Å². The monoisotopic (exact) mass is 297 g/mol. The molecule has 0 aliphatic rings. The van der Waals surface area contributed by atoms with Gasteiger partial charge in [0.2, 0.25) is 0 Å². The fraction of sp³-hybridized carbons (Fsp3) is 0.600. The summed E-state index contributed by atoms with van der Waals surface area (Å²) in [6, 6.07) is 9.27. The molecule has 96 valence electrons. The van der Waals surface area contributed by atoms with Crippen LogP contribution in [0, 0.1) is 0 Å². The van der Waals surface area contributed by atoms with Crippen molar-refractivity contribution in [2.24, 2.45) is 0 Å². The highest BCUT2D eigenvalue weighted by atomic mass is 79.9. The topological polar surface area (TPSA) is 12.0 Å². The van der Waals surface area contributed by atoms with Crippen molar-refractivity contribution in [1.82, 2.24) is 5.32 Å². The second kappa shape index (κ2) is 7.88. The molecule has 0 saturated carbocycles. The van der Waals surface area contributed by atoms with Gasteiger partial charge in [-0.3, -0.25) is 0 Å². The summed E-state index contributed by atoms with van der Waals surface area (Å²) in [6.07, 6.45) is 3.68. The molecule has 0 fully saturated rings. The number of benzene rings is 1. The molecule has 0 aliphatic carbocycles. The summed E-state index contributed by atoms with van der Waals surface area (Å²) in [6.45, 7) is 7.92. The minimum Gasteiger partial charge on any atom is -0.313 e. The molecule has 0 spiro atoms. The second-order valence-electron chi connectivity index (χ2n) is 4.69. The largest absolute Gasteiger partial charge is 0.313 e. The minimum absolute atomic E-state index is 0.569. The van der Waals surface area contributed by atoms with Crippen LogP contribution < -0.4 is 5.32 Å². The third kappa shape index (κ3) is 4.81. The van der Waals surface area contributed by atoms with E-state index in [1.54, 1.807) is 0 Å². The predicted octanol–water partition coefficient (Wildman–Crippen LogP) is 4.72. The van der Waals surface area contributed by atoms with Crippen LogP contribution in [0.5, 0.6) is 0 Å². The van der Waals surface area contributed by atoms with E-state index >= 15 is 0 Å². The van der Waals surface area contributed by atoms with E-state index in [1.165, 1.54) is 29.3 Å². The van der Waals surface area contributed by atoms with Crippen LogP contribution in [0.2, 0.25) is 0 Å². The normalized spacial score (nSPS) is 14.6. The Hall–Kier alpha value is -0.340. The molecule has 2 unspecified atom stereocenters. The Morgan fingerprint density at radius 1 is 1.24 bits per heavy atom. The van der Waals surface area contributed by atoms with Gasteiger partial charge < -0.3 is 5.32 Å². The van der Waals surface area contributed by atoms with Crippen molar-refractivity contribution in [2.45, 2.75) is 52.0 Å². The smallest absolute Gasteiger partial charge is 0.0178 e. The number of rotatable bonds is 7. The Bertz CT molecular complexity index is 324. The van der Waals surface area contributed by atoms with Crippen molar-refractivity contribution in [3.05, 3.63) is 34.3 Å². The highest BCUT2D eigenvalue weighted by molar-refractivity contribution is 9.10.